The molecule has 78 valence electrons. The Hall–Kier alpha value is -1.84. The van der Waals surface area contributed by atoms with Crippen molar-refractivity contribution in [2.45, 2.75) is 20.4 Å². The van der Waals surface area contributed by atoms with Crippen molar-refractivity contribution in [3.8, 4) is 11.3 Å². The topological polar surface area (TPSA) is 49.9 Å². The number of nitrogens with zero attached hydrogens (tertiary/aromatic N) is 1. The third-order valence-corrected chi connectivity index (χ3v) is 2.35. The average Bonchev–Trinajstić information content (AvgIpc) is 2.61. The van der Waals surface area contributed by atoms with Crippen LogP contribution in [0.5, 0.6) is 0 Å². The molecule has 2 rings (SSSR count). The Labute approximate surface area is 87.1 Å². The quantitative estimate of drug-likeness (QED) is 0.750. The van der Waals surface area contributed by atoms with Crippen LogP contribution in [0.4, 0.5) is 0 Å². The highest BCUT2D eigenvalue weighted by Crippen LogP contribution is 2.12. The number of hydrogen-bond acceptors (Lipinski definition) is 2. The van der Waals surface area contributed by atoms with E-state index in [9.17, 15) is 4.79 Å². The van der Waals surface area contributed by atoms with Crippen molar-refractivity contribution >= 4 is 0 Å². The fourth-order valence-corrected chi connectivity index (χ4v) is 1.51. The number of aryl methyl sites for hydroxylation is 2. The van der Waals surface area contributed by atoms with Gasteiger partial charge in [0.25, 0.3) is 0 Å². The van der Waals surface area contributed by atoms with E-state index in [0.717, 1.165) is 5.56 Å². The van der Waals surface area contributed by atoms with E-state index in [-0.39, 0.29) is 5.63 Å². The van der Waals surface area contributed by atoms with Crippen molar-refractivity contribution in [2.75, 3.05) is 0 Å². The van der Waals surface area contributed by atoms with Gasteiger partial charge in [-0.3, -0.25) is 4.52 Å². The normalized spacial score (nSPS) is 10.5. The molecule has 0 atom stereocenters. The van der Waals surface area contributed by atoms with E-state index < -0.39 is 0 Å². The molecule has 0 aliphatic rings. The number of aromatic amines is 1. The summed E-state index contributed by atoms with van der Waals surface area (Å²) in [5, 5.41) is 2.57. The Morgan fingerprint density at radius 3 is 2.60 bits per heavy atom. The molecule has 2 aromatic rings. The van der Waals surface area contributed by atoms with Gasteiger partial charge in [0.15, 0.2) is 6.54 Å². The van der Waals surface area contributed by atoms with Crippen molar-refractivity contribution in [3.63, 3.8) is 0 Å². The zero-order chi connectivity index (χ0) is 10.8. The van der Waals surface area contributed by atoms with E-state index in [1.54, 1.807) is 4.68 Å². The number of hydrogen-bond donors (Lipinski definition) is 1. The first kappa shape index (κ1) is 9.71. The van der Waals surface area contributed by atoms with E-state index in [0.29, 0.717) is 12.2 Å². The Kier molecular flexibility index (Phi) is 2.41. The fraction of sp³-hybridized carbons (Fsp3) is 0.273. The van der Waals surface area contributed by atoms with Gasteiger partial charge in [-0.15, -0.1) is 0 Å². The van der Waals surface area contributed by atoms with Gasteiger partial charge in [-0.25, -0.2) is 4.79 Å². The second-order valence-electron chi connectivity index (χ2n) is 3.44. The second-order valence-corrected chi connectivity index (χ2v) is 3.44. The van der Waals surface area contributed by atoms with Crippen molar-refractivity contribution in [2.24, 2.45) is 0 Å². The van der Waals surface area contributed by atoms with E-state index in [1.165, 1.54) is 5.56 Å². The molecule has 0 aliphatic heterocycles. The second kappa shape index (κ2) is 3.73. The molecule has 0 amide bonds. The molecule has 1 aromatic heterocycles. The molecule has 0 fully saturated rings. The lowest BCUT2D eigenvalue weighted by atomic mass is 10.1. The molecule has 0 unspecified atom stereocenters. The molecule has 4 heteroatoms. The molecule has 0 spiro atoms. The first-order chi connectivity index (χ1) is 7.22. The Morgan fingerprint density at radius 2 is 2.00 bits per heavy atom. The van der Waals surface area contributed by atoms with Crippen molar-refractivity contribution in [1.82, 2.24) is 5.27 Å². The maximum absolute atomic E-state index is 11.5. The molecule has 1 N–H and O–H groups in total. The van der Waals surface area contributed by atoms with Gasteiger partial charge in [0.1, 0.15) is 0 Å². The number of aromatic nitrogens is 2. The minimum absolute atomic E-state index is 0.333. The SMILES string of the molecule is CC[n+]1[nH]oc(=O)c1-c1ccc(C)cc1. The highest BCUT2D eigenvalue weighted by molar-refractivity contribution is 5.54. The first-order valence-corrected chi connectivity index (χ1v) is 4.90. The lowest BCUT2D eigenvalue weighted by Gasteiger charge is -1.94. The maximum atomic E-state index is 11.5. The van der Waals surface area contributed by atoms with E-state index in [4.69, 9.17) is 4.52 Å². The fourth-order valence-electron chi connectivity index (χ4n) is 1.51. The summed E-state index contributed by atoms with van der Waals surface area (Å²) in [6.07, 6.45) is 0. The van der Waals surface area contributed by atoms with Gasteiger partial charge in [0.05, 0.1) is 5.56 Å². The van der Waals surface area contributed by atoms with Crippen LogP contribution in [0.3, 0.4) is 0 Å². The molecule has 0 radical (unpaired) electrons. The molecule has 1 aromatic carbocycles. The maximum Gasteiger partial charge on any atom is 0.435 e. The number of H-pyrrole nitrogens is 1. The standard InChI is InChI=1S/C11H12N2O2/c1-3-13-10(11(14)15-12-13)9-6-4-8(2)5-7-9/h4-7H,3H2,1-2H3/p+1. The van der Waals surface area contributed by atoms with Crippen molar-refractivity contribution in [1.29, 1.82) is 0 Å². The summed E-state index contributed by atoms with van der Waals surface area (Å²) in [4.78, 5) is 11.5. The summed E-state index contributed by atoms with van der Waals surface area (Å²) in [6, 6.07) is 7.78. The third-order valence-electron chi connectivity index (χ3n) is 2.35. The highest BCUT2D eigenvalue weighted by atomic mass is 16.5. The molecule has 4 nitrogen and oxygen atoms in total. The number of nitrogens with one attached hydrogen (secondary N) is 1. The van der Waals surface area contributed by atoms with E-state index >= 15 is 0 Å². The summed E-state index contributed by atoms with van der Waals surface area (Å²) in [5.41, 5.74) is 2.28. The van der Waals surface area contributed by atoms with Crippen LogP contribution < -0.4 is 10.3 Å². The lowest BCUT2D eigenvalue weighted by molar-refractivity contribution is -0.749. The van der Waals surface area contributed by atoms with Crippen LogP contribution in [0.1, 0.15) is 12.5 Å². The van der Waals surface area contributed by atoms with Gasteiger partial charge < -0.3 is 0 Å². The largest absolute Gasteiger partial charge is 0.435 e. The van der Waals surface area contributed by atoms with Crippen molar-refractivity contribution in [3.05, 3.63) is 40.2 Å². The van der Waals surface area contributed by atoms with Gasteiger partial charge in [0, 0.05) is 0 Å². The molecule has 0 saturated heterocycles. The number of benzene rings is 1. The minimum atomic E-state index is -0.333. The molecule has 0 saturated carbocycles. The molecule has 1 heterocycles. The summed E-state index contributed by atoms with van der Waals surface area (Å²) < 4.78 is 6.44. The monoisotopic (exact) mass is 205 g/mol. The van der Waals surface area contributed by atoms with Crippen LogP contribution in [-0.4, -0.2) is 5.27 Å². The summed E-state index contributed by atoms with van der Waals surface area (Å²) in [7, 11) is 0. The van der Waals surface area contributed by atoms with Crippen LogP contribution in [-0.2, 0) is 6.54 Å². The van der Waals surface area contributed by atoms with Gasteiger partial charge in [-0.05, 0) is 31.3 Å². The third kappa shape index (κ3) is 1.70. The van der Waals surface area contributed by atoms with Crippen LogP contribution in [0.2, 0.25) is 0 Å². The summed E-state index contributed by atoms with van der Waals surface area (Å²) >= 11 is 0. The first-order valence-electron chi connectivity index (χ1n) is 4.90. The predicted octanol–water partition coefficient (Wildman–Crippen LogP) is 1.25. The van der Waals surface area contributed by atoms with Crippen LogP contribution in [0.25, 0.3) is 11.3 Å². The zero-order valence-electron chi connectivity index (χ0n) is 8.78. The Balaban J connectivity index is 2.57. The predicted molar refractivity (Wildman–Crippen MR) is 55.4 cm³/mol. The van der Waals surface area contributed by atoms with Crippen LogP contribution >= 0.6 is 0 Å². The van der Waals surface area contributed by atoms with Crippen LogP contribution in [0, 0.1) is 6.92 Å². The molecular formula is C11H13N2O2+. The zero-order valence-corrected chi connectivity index (χ0v) is 8.78. The van der Waals surface area contributed by atoms with Crippen molar-refractivity contribution < 1.29 is 9.20 Å². The summed E-state index contributed by atoms with van der Waals surface area (Å²) in [5.74, 6) is 0. The molecule has 0 aliphatic carbocycles. The van der Waals surface area contributed by atoms with Gasteiger partial charge in [-0.1, -0.05) is 22.4 Å². The Morgan fingerprint density at radius 1 is 1.33 bits per heavy atom. The smallest absolute Gasteiger partial charge is 0.283 e. The van der Waals surface area contributed by atoms with Gasteiger partial charge >= 0.3 is 11.3 Å². The Bertz CT molecular complexity index is 508. The summed E-state index contributed by atoms with van der Waals surface area (Å²) in [6.45, 7) is 4.63. The highest BCUT2D eigenvalue weighted by Gasteiger charge is 2.20. The van der Waals surface area contributed by atoms with Gasteiger partial charge in [0.2, 0.25) is 0 Å². The lowest BCUT2D eigenvalue weighted by Crippen LogP contribution is -2.37. The van der Waals surface area contributed by atoms with Crippen LogP contribution in [0.15, 0.2) is 33.6 Å². The van der Waals surface area contributed by atoms with Gasteiger partial charge in [-0.2, -0.15) is 0 Å². The van der Waals surface area contributed by atoms with E-state index in [1.807, 2.05) is 38.1 Å². The molecular weight excluding hydrogens is 192 g/mol. The minimum Gasteiger partial charge on any atom is -0.283 e. The number of rotatable bonds is 2. The van der Waals surface area contributed by atoms with E-state index in [2.05, 4.69) is 5.27 Å². The molecule has 15 heavy (non-hydrogen) atoms. The molecule has 0 bridgehead atoms. The average molecular weight is 205 g/mol.